The van der Waals surface area contributed by atoms with Crippen molar-refractivity contribution < 1.29 is 9.22 Å². The summed E-state index contributed by atoms with van der Waals surface area (Å²) in [4.78, 5) is 11.3. The molecule has 4 heteroatoms. The van der Waals surface area contributed by atoms with Crippen molar-refractivity contribution in [2.24, 2.45) is 0 Å². The van der Waals surface area contributed by atoms with E-state index in [0.29, 0.717) is 5.56 Å². The van der Waals surface area contributed by atoms with Crippen LogP contribution in [0.5, 0.6) is 5.75 Å². The zero-order valence-electron chi connectivity index (χ0n) is 13.9. The maximum atomic E-state index is 11.3. The molecule has 2 nitrogen and oxygen atoms in total. The number of halogens is 1. The summed E-state index contributed by atoms with van der Waals surface area (Å²) in [6.07, 6.45) is 3.30. The molecule has 0 aromatic heterocycles. The minimum absolute atomic E-state index is 0.680. The molecule has 23 heavy (non-hydrogen) atoms. The smallest absolute Gasteiger partial charge is 0.245 e. The monoisotopic (exact) mass is 390 g/mol. The first-order chi connectivity index (χ1) is 11.0. The lowest BCUT2D eigenvalue weighted by molar-refractivity contribution is 0.112. The van der Waals surface area contributed by atoms with Gasteiger partial charge in [-0.2, -0.15) is 0 Å². The molecule has 0 heterocycles. The van der Waals surface area contributed by atoms with Gasteiger partial charge in [0.1, 0.15) is 5.75 Å². The van der Waals surface area contributed by atoms with Crippen LogP contribution in [-0.4, -0.2) is 14.6 Å². The molecule has 0 amide bonds. The van der Waals surface area contributed by atoms with Gasteiger partial charge in [0.15, 0.2) is 6.29 Å². The molecule has 0 saturated carbocycles. The van der Waals surface area contributed by atoms with E-state index in [0.717, 1.165) is 33.7 Å². The summed E-state index contributed by atoms with van der Waals surface area (Å²) in [6, 6.07) is 14.9. The molecule has 0 aliphatic rings. The highest BCUT2D eigenvalue weighted by Crippen LogP contribution is 2.33. The lowest BCUT2D eigenvalue weighted by Crippen LogP contribution is -2.33. The van der Waals surface area contributed by atoms with Gasteiger partial charge in [-0.05, 0) is 42.9 Å². The maximum Gasteiger partial charge on any atom is 0.245 e. The standard InChI is InChI=1S/C19H23BrO2Si/c1-4-5-12-23(2,3)22-17-10-6-8-15(13-17)19-16(14-21)9-7-11-18(19)20/h6-11,13-14H,4-5,12H2,1-3H3. The Morgan fingerprint density at radius 3 is 2.61 bits per heavy atom. The Hall–Kier alpha value is -1.39. The fraction of sp³-hybridized carbons (Fsp3) is 0.316. The van der Waals surface area contributed by atoms with Gasteiger partial charge in [0, 0.05) is 15.6 Å². The van der Waals surface area contributed by atoms with Crippen molar-refractivity contribution in [1.29, 1.82) is 0 Å². The van der Waals surface area contributed by atoms with Crippen molar-refractivity contribution in [3.63, 3.8) is 0 Å². The van der Waals surface area contributed by atoms with E-state index < -0.39 is 8.32 Å². The molecule has 0 spiro atoms. The average molecular weight is 391 g/mol. The number of hydrogen-bond acceptors (Lipinski definition) is 2. The van der Waals surface area contributed by atoms with Crippen LogP contribution in [-0.2, 0) is 0 Å². The molecule has 0 saturated heterocycles. The van der Waals surface area contributed by atoms with Gasteiger partial charge in [-0.1, -0.05) is 60.0 Å². The molecule has 0 aliphatic heterocycles. The van der Waals surface area contributed by atoms with Gasteiger partial charge in [-0.15, -0.1) is 0 Å². The van der Waals surface area contributed by atoms with Gasteiger partial charge < -0.3 is 4.43 Å². The summed E-state index contributed by atoms with van der Waals surface area (Å²) in [5, 5.41) is 0. The maximum absolute atomic E-state index is 11.3. The van der Waals surface area contributed by atoms with Crippen LogP contribution in [0.3, 0.4) is 0 Å². The summed E-state index contributed by atoms with van der Waals surface area (Å²) < 4.78 is 7.23. The summed E-state index contributed by atoms with van der Waals surface area (Å²) in [5.74, 6) is 0.892. The lowest BCUT2D eigenvalue weighted by Gasteiger charge is -2.24. The number of benzene rings is 2. The molecular formula is C19H23BrO2Si. The zero-order chi connectivity index (χ0) is 16.9. The first-order valence-corrected chi connectivity index (χ1v) is 11.9. The highest BCUT2D eigenvalue weighted by atomic mass is 79.9. The van der Waals surface area contributed by atoms with Crippen LogP contribution in [0.1, 0.15) is 30.1 Å². The third kappa shape index (κ3) is 4.79. The van der Waals surface area contributed by atoms with Crippen LogP contribution in [0.25, 0.3) is 11.1 Å². The Labute approximate surface area is 148 Å². The van der Waals surface area contributed by atoms with E-state index in [-0.39, 0.29) is 0 Å². The Morgan fingerprint density at radius 2 is 1.91 bits per heavy atom. The van der Waals surface area contributed by atoms with Crippen LogP contribution in [0, 0.1) is 0 Å². The quantitative estimate of drug-likeness (QED) is 0.408. The molecule has 0 radical (unpaired) electrons. The number of unbranched alkanes of at least 4 members (excludes halogenated alkanes) is 1. The fourth-order valence-corrected chi connectivity index (χ4v) is 5.31. The van der Waals surface area contributed by atoms with Crippen molar-refractivity contribution >= 4 is 30.5 Å². The van der Waals surface area contributed by atoms with Crippen LogP contribution in [0.4, 0.5) is 0 Å². The van der Waals surface area contributed by atoms with Crippen molar-refractivity contribution in [2.45, 2.75) is 38.9 Å². The van der Waals surface area contributed by atoms with Gasteiger partial charge >= 0.3 is 0 Å². The summed E-state index contributed by atoms with van der Waals surface area (Å²) in [7, 11) is -1.71. The average Bonchev–Trinajstić information content (AvgIpc) is 2.52. The van der Waals surface area contributed by atoms with Crippen LogP contribution in [0.2, 0.25) is 19.1 Å². The second-order valence-electron chi connectivity index (χ2n) is 6.32. The molecule has 0 unspecified atom stereocenters. The molecular weight excluding hydrogens is 368 g/mol. The Morgan fingerprint density at radius 1 is 1.17 bits per heavy atom. The Kier molecular flexibility index (Phi) is 6.19. The molecule has 0 N–H and O–H groups in total. The Bertz CT molecular complexity index is 683. The van der Waals surface area contributed by atoms with Gasteiger partial charge in [0.25, 0.3) is 0 Å². The minimum Gasteiger partial charge on any atom is -0.544 e. The topological polar surface area (TPSA) is 26.3 Å². The van der Waals surface area contributed by atoms with Crippen LogP contribution < -0.4 is 4.43 Å². The van der Waals surface area contributed by atoms with Gasteiger partial charge in [-0.25, -0.2) is 0 Å². The van der Waals surface area contributed by atoms with E-state index in [9.17, 15) is 4.79 Å². The summed E-state index contributed by atoms with van der Waals surface area (Å²) >= 11 is 3.55. The number of aldehydes is 1. The second kappa shape index (κ2) is 7.93. The number of rotatable bonds is 7. The number of hydrogen-bond donors (Lipinski definition) is 0. The van der Waals surface area contributed by atoms with E-state index in [1.807, 2.05) is 42.5 Å². The highest BCUT2D eigenvalue weighted by molar-refractivity contribution is 9.10. The van der Waals surface area contributed by atoms with Crippen LogP contribution >= 0.6 is 15.9 Å². The van der Waals surface area contributed by atoms with E-state index >= 15 is 0 Å². The normalized spacial score (nSPS) is 11.3. The fourth-order valence-electron chi connectivity index (χ4n) is 2.63. The largest absolute Gasteiger partial charge is 0.544 e. The molecule has 0 atom stereocenters. The van der Waals surface area contributed by atoms with Crippen molar-refractivity contribution in [2.75, 3.05) is 0 Å². The van der Waals surface area contributed by atoms with Crippen LogP contribution in [0.15, 0.2) is 46.9 Å². The zero-order valence-corrected chi connectivity index (χ0v) is 16.5. The highest BCUT2D eigenvalue weighted by Gasteiger charge is 2.23. The van der Waals surface area contributed by atoms with Gasteiger partial charge in [0.05, 0.1) is 0 Å². The molecule has 0 aliphatic carbocycles. The van der Waals surface area contributed by atoms with Gasteiger partial charge in [-0.3, -0.25) is 4.79 Å². The molecule has 2 rings (SSSR count). The summed E-state index contributed by atoms with van der Waals surface area (Å²) in [6.45, 7) is 6.72. The van der Waals surface area contributed by atoms with Crippen molar-refractivity contribution in [3.05, 3.63) is 52.5 Å². The number of carbonyl (C=O) groups is 1. The van der Waals surface area contributed by atoms with E-state index in [1.54, 1.807) is 0 Å². The molecule has 0 fully saturated rings. The lowest BCUT2D eigenvalue weighted by atomic mass is 10.0. The third-order valence-corrected chi connectivity index (χ3v) is 6.83. The van der Waals surface area contributed by atoms with Crippen molar-refractivity contribution in [3.8, 4) is 16.9 Å². The summed E-state index contributed by atoms with van der Waals surface area (Å²) in [5.41, 5.74) is 2.59. The molecule has 0 bridgehead atoms. The SMILES string of the molecule is CCCC[Si](C)(C)Oc1cccc(-c2c(Br)cccc2C=O)c1. The molecule has 2 aromatic carbocycles. The first-order valence-electron chi connectivity index (χ1n) is 8.00. The second-order valence-corrected chi connectivity index (χ2v) is 11.4. The third-order valence-electron chi connectivity index (χ3n) is 3.82. The number of carbonyl (C=O) groups excluding carboxylic acids is 1. The predicted molar refractivity (Wildman–Crippen MR) is 103 cm³/mol. The predicted octanol–water partition coefficient (Wildman–Crippen LogP) is 6.31. The minimum atomic E-state index is -1.71. The van der Waals surface area contributed by atoms with Gasteiger partial charge in [0.2, 0.25) is 8.32 Å². The van der Waals surface area contributed by atoms with Crippen molar-refractivity contribution in [1.82, 2.24) is 0 Å². The molecule has 122 valence electrons. The van der Waals surface area contributed by atoms with E-state index in [2.05, 4.69) is 35.9 Å². The Balaban J connectivity index is 2.33. The molecule has 2 aromatic rings. The first kappa shape index (κ1) is 18.0. The van der Waals surface area contributed by atoms with E-state index in [1.165, 1.54) is 12.8 Å². The van der Waals surface area contributed by atoms with E-state index in [4.69, 9.17) is 4.43 Å².